The predicted molar refractivity (Wildman–Crippen MR) is 150 cm³/mol. The Hall–Kier alpha value is -3.00. The van der Waals surface area contributed by atoms with Gasteiger partial charge in [0.2, 0.25) is 0 Å². The summed E-state index contributed by atoms with van der Waals surface area (Å²) in [5, 5.41) is 4.57. The van der Waals surface area contributed by atoms with Gasteiger partial charge in [0.15, 0.2) is 0 Å². The van der Waals surface area contributed by atoms with Crippen LogP contribution in [-0.2, 0) is 22.9 Å². The van der Waals surface area contributed by atoms with Gasteiger partial charge >= 0.3 is 227 Å². The van der Waals surface area contributed by atoms with Crippen LogP contribution in [0.4, 0.5) is 0 Å². The minimum Gasteiger partial charge on any atom is -1.00 e. The van der Waals surface area contributed by atoms with Crippen molar-refractivity contribution < 1.29 is 32.3 Å². The molecular formula is C34H25F2HfP. The minimum absolute atomic E-state index is 0. The van der Waals surface area contributed by atoms with E-state index < -0.39 is 30.8 Å². The Kier molecular flexibility index (Phi) is 7.98. The molecule has 1 unspecified atom stereocenters. The Bertz CT molecular complexity index is 1500. The van der Waals surface area contributed by atoms with Gasteiger partial charge in [-0.25, -0.2) is 0 Å². The van der Waals surface area contributed by atoms with E-state index >= 15 is 0 Å². The van der Waals surface area contributed by atoms with E-state index in [4.69, 9.17) is 0 Å². The molecule has 0 aromatic heterocycles. The molecule has 0 nitrogen and oxygen atoms in total. The summed E-state index contributed by atoms with van der Waals surface area (Å²) in [5.74, 6) is 0. The van der Waals surface area contributed by atoms with Crippen LogP contribution in [0.1, 0.15) is 29.6 Å². The Morgan fingerprint density at radius 3 is 1.45 bits per heavy atom. The molecule has 0 heterocycles. The largest absolute Gasteiger partial charge is 1.00 e. The smallest absolute Gasteiger partial charge is 1.00 e. The summed E-state index contributed by atoms with van der Waals surface area (Å²) in [6, 6.07) is 50.0. The topological polar surface area (TPSA) is 0 Å². The summed E-state index contributed by atoms with van der Waals surface area (Å²) in [4.78, 5) is 0. The molecule has 7 rings (SSSR count). The summed E-state index contributed by atoms with van der Waals surface area (Å²) in [6.45, 7) is 0. The average Bonchev–Trinajstić information content (AvgIpc) is 3.46. The van der Waals surface area contributed by atoms with E-state index in [0.717, 1.165) is 0 Å². The Morgan fingerprint density at radius 1 is 0.447 bits per heavy atom. The van der Waals surface area contributed by atoms with Crippen molar-refractivity contribution >= 4 is 24.6 Å². The Labute approximate surface area is 235 Å². The van der Waals surface area contributed by atoms with Crippen molar-refractivity contribution in [2.75, 3.05) is 0 Å². The summed E-state index contributed by atoms with van der Waals surface area (Å²) < 4.78 is 1.18. The molecule has 5 aromatic rings. The minimum atomic E-state index is -1.30. The third kappa shape index (κ3) is 4.57. The second-order valence-electron chi connectivity index (χ2n) is 9.41. The van der Waals surface area contributed by atoms with Gasteiger partial charge in [0.1, 0.15) is 0 Å². The van der Waals surface area contributed by atoms with E-state index in [1.807, 2.05) is 0 Å². The van der Waals surface area contributed by atoms with Crippen LogP contribution in [0, 0.1) is 0 Å². The van der Waals surface area contributed by atoms with Crippen molar-refractivity contribution in [3.8, 4) is 11.1 Å². The molecule has 0 fully saturated rings. The summed E-state index contributed by atoms with van der Waals surface area (Å²) in [6.07, 6.45) is 2.56. The molecule has 2 aliphatic carbocycles. The number of rotatable bonds is 5. The number of halogens is 2. The van der Waals surface area contributed by atoms with Gasteiger partial charge in [-0.3, -0.25) is 0 Å². The number of hydrogen-bond donors (Lipinski definition) is 0. The molecule has 0 radical (unpaired) electrons. The molecule has 5 aromatic carbocycles. The van der Waals surface area contributed by atoms with Gasteiger partial charge in [-0.05, 0) is 0 Å². The molecule has 1 atom stereocenters. The maximum Gasteiger partial charge on any atom is -1.00 e. The first-order valence-corrected chi connectivity index (χ1v) is 18.0. The van der Waals surface area contributed by atoms with Gasteiger partial charge in [-0.15, -0.1) is 0 Å². The van der Waals surface area contributed by atoms with Crippen LogP contribution in [0.2, 0.25) is 0 Å². The SMILES string of the molecule is C1=C(P(c2ccccc2)c2ccccc2)[CH]([Hf+2][CH]2c3ccccc3-c3ccccc32)c2ccccc21.[F-].[F-]. The van der Waals surface area contributed by atoms with Crippen LogP contribution >= 0.6 is 7.92 Å². The summed E-state index contributed by atoms with van der Waals surface area (Å²) in [7, 11) is -0.583. The normalized spacial score (nSPS) is 14.9. The quantitative estimate of drug-likeness (QED) is 0.197. The van der Waals surface area contributed by atoms with Gasteiger partial charge in [0.05, 0.1) is 0 Å². The zero-order valence-electron chi connectivity index (χ0n) is 20.6. The molecule has 0 spiro atoms. The Balaban J connectivity index is 0.00000147. The molecule has 0 saturated heterocycles. The molecule has 0 bridgehead atoms. The van der Waals surface area contributed by atoms with E-state index in [-0.39, 0.29) is 9.41 Å². The van der Waals surface area contributed by atoms with Crippen LogP contribution in [0.3, 0.4) is 0 Å². The summed E-state index contributed by atoms with van der Waals surface area (Å²) in [5.41, 5.74) is 9.04. The van der Waals surface area contributed by atoms with Crippen molar-refractivity contribution in [1.82, 2.24) is 0 Å². The third-order valence-electron chi connectivity index (χ3n) is 7.36. The molecule has 0 amide bonds. The van der Waals surface area contributed by atoms with E-state index in [2.05, 4.69) is 140 Å². The monoisotopic (exact) mass is 682 g/mol. The van der Waals surface area contributed by atoms with Gasteiger partial charge < -0.3 is 9.41 Å². The van der Waals surface area contributed by atoms with Gasteiger partial charge in [-0.2, -0.15) is 0 Å². The first-order valence-electron chi connectivity index (χ1n) is 12.5. The number of hydrogen-bond acceptors (Lipinski definition) is 0. The van der Waals surface area contributed by atoms with Gasteiger partial charge in [0, 0.05) is 0 Å². The van der Waals surface area contributed by atoms with Crippen LogP contribution in [0.5, 0.6) is 0 Å². The van der Waals surface area contributed by atoms with Crippen molar-refractivity contribution in [1.29, 1.82) is 0 Å². The molecule has 2 aliphatic rings. The number of benzene rings is 5. The fourth-order valence-corrected chi connectivity index (χ4v) is 17.1. The first kappa shape index (κ1) is 26.6. The standard InChI is InChI=1S/C21H16P.C13H9.2FH.Hf/c1-3-11-19(12-4-1)22(20-13-5-2-6-14-20)21-15-17-9-7-8-10-18(17)16-21;1-3-7-12-10(5-1)9-11-6-2-4-8-13(11)12;;;/h1-16H;1-9H;2*1H;/q;;;;+2/p-2. The molecule has 0 aliphatic heterocycles. The van der Waals surface area contributed by atoms with E-state index in [0.29, 0.717) is 7.35 Å². The van der Waals surface area contributed by atoms with Gasteiger partial charge in [0.25, 0.3) is 0 Å². The zero-order chi connectivity index (χ0) is 23.9. The second-order valence-corrected chi connectivity index (χ2v) is 17.0. The van der Waals surface area contributed by atoms with Crippen molar-refractivity contribution in [2.45, 2.75) is 7.35 Å². The second kappa shape index (κ2) is 11.4. The summed E-state index contributed by atoms with van der Waals surface area (Å²) >= 11 is -1.30. The van der Waals surface area contributed by atoms with E-state index in [1.165, 1.54) is 27.3 Å². The molecule has 4 heteroatoms. The molecule has 184 valence electrons. The number of fused-ring (bicyclic) bond motifs is 4. The first-order chi connectivity index (χ1) is 17.9. The average molecular weight is 681 g/mol. The predicted octanol–water partition coefficient (Wildman–Crippen LogP) is 2.08. The fourth-order valence-electron chi connectivity index (χ4n) is 5.78. The zero-order valence-corrected chi connectivity index (χ0v) is 25.1. The van der Waals surface area contributed by atoms with Crippen molar-refractivity contribution in [3.05, 3.63) is 161 Å². The maximum absolute atomic E-state index is 2.56. The van der Waals surface area contributed by atoms with Crippen LogP contribution < -0.4 is 20.0 Å². The van der Waals surface area contributed by atoms with Crippen LogP contribution in [-0.4, -0.2) is 0 Å². The van der Waals surface area contributed by atoms with Crippen LogP contribution in [0.15, 0.2) is 139 Å². The molecular weight excluding hydrogens is 656 g/mol. The van der Waals surface area contributed by atoms with Crippen molar-refractivity contribution in [3.63, 3.8) is 0 Å². The maximum atomic E-state index is 2.56. The van der Waals surface area contributed by atoms with E-state index in [1.54, 1.807) is 22.0 Å². The fraction of sp³-hybridized carbons (Fsp3) is 0.0588. The molecule has 0 N–H and O–H groups in total. The third-order valence-corrected chi connectivity index (χ3v) is 17.6. The van der Waals surface area contributed by atoms with Crippen LogP contribution in [0.25, 0.3) is 17.2 Å². The van der Waals surface area contributed by atoms with E-state index in [9.17, 15) is 0 Å². The van der Waals surface area contributed by atoms with Gasteiger partial charge in [-0.1, -0.05) is 0 Å². The molecule has 0 saturated carbocycles. The van der Waals surface area contributed by atoms with Crippen molar-refractivity contribution in [2.24, 2.45) is 0 Å². The molecule has 38 heavy (non-hydrogen) atoms. The number of allylic oxidation sites excluding steroid dienone is 1. The Morgan fingerprint density at radius 2 is 0.895 bits per heavy atom.